The first kappa shape index (κ1) is 30.2. The van der Waals surface area contributed by atoms with Crippen LogP contribution in [0.2, 0.25) is 0 Å². The molecule has 0 N–H and O–H groups in total. The second-order valence-electron chi connectivity index (χ2n) is 14.6. The van der Waals surface area contributed by atoms with Gasteiger partial charge in [0.25, 0.3) is 0 Å². The van der Waals surface area contributed by atoms with Gasteiger partial charge in [0.05, 0.1) is 11.0 Å². The Morgan fingerprint density at radius 1 is 0.345 bits per heavy atom. The molecule has 1 aliphatic rings. The highest BCUT2D eigenvalue weighted by molar-refractivity contribution is 6.28. The average Bonchev–Trinajstić information content (AvgIpc) is 3.76. The lowest BCUT2D eigenvalue weighted by atomic mass is 9.82. The van der Waals surface area contributed by atoms with Crippen molar-refractivity contribution in [2.45, 2.75) is 0 Å². The van der Waals surface area contributed by atoms with E-state index in [2.05, 4.69) is 199 Å². The fraction of sp³-hybridized carbons (Fsp3) is 0. The summed E-state index contributed by atoms with van der Waals surface area (Å²) in [7, 11) is 0. The minimum absolute atomic E-state index is 0.978. The monoisotopic (exact) mass is 696 g/mol. The zero-order valence-corrected chi connectivity index (χ0v) is 29.9. The van der Waals surface area contributed by atoms with Crippen LogP contribution < -0.4 is 0 Å². The lowest BCUT2D eigenvalue weighted by Crippen LogP contribution is -1.96. The molecule has 2 nitrogen and oxygen atoms in total. The van der Waals surface area contributed by atoms with E-state index < -0.39 is 0 Å². The first-order valence-corrected chi connectivity index (χ1v) is 19.0. The van der Waals surface area contributed by atoms with Gasteiger partial charge in [0.2, 0.25) is 0 Å². The van der Waals surface area contributed by atoms with Gasteiger partial charge < -0.3 is 0 Å². The number of hydrogen-bond acceptors (Lipinski definition) is 1. The Morgan fingerprint density at radius 3 is 1.62 bits per heavy atom. The Hall–Kier alpha value is -7.29. The number of hydrogen-bond donors (Lipinski definition) is 0. The number of aromatic nitrogens is 2. The van der Waals surface area contributed by atoms with Crippen LogP contribution in [0.3, 0.4) is 0 Å². The van der Waals surface area contributed by atoms with Crippen LogP contribution in [0.15, 0.2) is 194 Å². The maximum absolute atomic E-state index is 5.20. The van der Waals surface area contributed by atoms with Crippen molar-refractivity contribution in [2.75, 3.05) is 0 Å². The van der Waals surface area contributed by atoms with E-state index in [1.807, 2.05) is 0 Å². The molecule has 0 aliphatic heterocycles. The lowest BCUT2D eigenvalue weighted by Gasteiger charge is -2.20. The number of fused-ring (bicyclic) bond motifs is 8. The summed E-state index contributed by atoms with van der Waals surface area (Å²) in [5, 5.41) is 8.68. The maximum atomic E-state index is 5.20. The van der Waals surface area contributed by atoms with Crippen LogP contribution in [0.5, 0.6) is 0 Å². The largest absolute Gasteiger partial charge is 0.294 e. The quantitative estimate of drug-likeness (QED) is 0.179. The van der Waals surface area contributed by atoms with E-state index >= 15 is 0 Å². The van der Waals surface area contributed by atoms with Crippen LogP contribution in [0.4, 0.5) is 0 Å². The van der Waals surface area contributed by atoms with Crippen LogP contribution in [0, 0.1) is 0 Å². The highest BCUT2D eigenvalue weighted by Crippen LogP contribution is 2.58. The van der Waals surface area contributed by atoms with Crippen molar-refractivity contribution < 1.29 is 0 Å². The van der Waals surface area contributed by atoms with E-state index in [-0.39, 0.29) is 0 Å². The molecule has 55 heavy (non-hydrogen) atoms. The third-order valence-corrected chi connectivity index (χ3v) is 11.7. The second kappa shape index (κ2) is 11.6. The minimum atomic E-state index is 0.978. The van der Waals surface area contributed by atoms with E-state index in [1.165, 1.54) is 88.0 Å². The molecule has 1 aliphatic carbocycles. The molecule has 0 spiro atoms. The number of para-hydroxylation sites is 2. The fourth-order valence-electron chi connectivity index (χ4n) is 9.40. The van der Waals surface area contributed by atoms with Crippen LogP contribution >= 0.6 is 0 Å². The Labute approximate surface area is 318 Å². The zero-order valence-electron chi connectivity index (χ0n) is 29.9. The number of pyridine rings is 1. The van der Waals surface area contributed by atoms with Crippen molar-refractivity contribution in [3.05, 3.63) is 194 Å². The summed E-state index contributed by atoms with van der Waals surface area (Å²) >= 11 is 0. The van der Waals surface area contributed by atoms with E-state index in [0.717, 1.165) is 27.8 Å². The Balaban J connectivity index is 1.08. The number of nitrogens with zero attached hydrogens (tertiary/aromatic N) is 2. The molecule has 0 atom stereocenters. The Kier molecular flexibility index (Phi) is 6.37. The topological polar surface area (TPSA) is 17.8 Å². The van der Waals surface area contributed by atoms with Gasteiger partial charge in [0.15, 0.2) is 0 Å². The molecule has 0 amide bonds. The first-order valence-electron chi connectivity index (χ1n) is 19.0. The second-order valence-corrected chi connectivity index (χ2v) is 14.6. The van der Waals surface area contributed by atoms with Crippen molar-refractivity contribution in [1.29, 1.82) is 0 Å². The zero-order chi connectivity index (χ0) is 36.0. The summed E-state index contributed by atoms with van der Waals surface area (Å²) in [4.78, 5) is 5.20. The summed E-state index contributed by atoms with van der Waals surface area (Å²) in [5.41, 5.74) is 17.0. The molecule has 11 aromatic rings. The molecule has 0 saturated carbocycles. The van der Waals surface area contributed by atoms with Gasteiger partial charge in [-0.05, 0) is 108 Å². The van der Waals surface area contributed by atoms with Crippen molar-refractivity contribution >= 4 is 54.4 Å². The molecular formula is C53H32N2. The predicted octanol–water partition coefficient (Wildman–Crippen LogP) is 14.3. The summed E-state index contributed by atoms with van der Waals surface area (Å²) in [6.45, 7) is 0. The summed E-state index contributed by atoms with van der Waals surface area (Å²) in [6, 6.07) is 70.8. The van der Waals surface area contributed by atoms with Gasteiger partial charge in [-0.15, -0.1) is 0 Å². The van der Waals surface area contributed by atoms with Gasteiger partial charge in [-0.1, -0.05) is 164 Å². The smallest absolute Gasteiger partial charge is 0.146 e. The van der Waals surface area contributed by atoms with Gasteiger partial charge in [-0.25, -0.2) is 4.98 Å². The molecule has 2 heteroatoms. The predicted molar refractivity (Wildman–Crippen MR) is 232 cm³/mol. The molecule has 254 valence electrons. The summed E-state index contributed by atoms with van der Waals surface area (Å²) < 4.78 is 2.31. The van der Waals surface area contributed by atoms with Crippen LogP contribution in [-0.2, 0) is 0 Å². The summed E-state index contributed by atoms with van der Waals surface area (Å²) in [6.07, 6.45) is 0. The fourth-order valence-corrected chi connectivity index (χ4v) is 9.40. The first-order chi connectivity index (χ1) is 27.3. The van der Waals surface area contributed by atoms with Crippen LogP contribution in [0.1, 0.15) is 0 Å². The van der Waals surface area contributed by atoms with Gasteiger partial charge >= 0.3 is 0 Å². The van der Waals surface area contributed by atoms with E-state index in [1.54, 1.807) is 0 Å². The molecule has 0 fully saturated rings. The van der Waals surface area contributed by atoms with Crippen molar-refractivity contribution in [3.63, 3.8) is 0 Å². The standard InChI is InChI=1S/C53H32N2/c1-3-14-34(15-4-1)48-41-20-8-9-21-42(41)49(35-16-5-2-6-17-35)52-44-31-30-38(40-22-13-23-43(50(40)44)51(48)52)33-26-28-37(29-27-33)55-47-25-12-10-19-39(47)45-32-36-18-7-11-24-46(36)54-53(45)55/h1-32H. The number of rotatable bonds is 4. The minimum Gasteiger partial charge on any atom is -0.294 e. The lowest BCUT2D eigenvalue weighted by molar-refractivity contribution is 1.15. The van der Waals surface area contributed by atoms with E-state index in [4.69, 9.17) is 4.98 Å². The Morgan fingerprint density at radius 2 is 0.909 bits per heavy atom. The molecule has 9 aromatic carbocycles. The highest BCUT2D eigenvalue weighted by Gasteiger charge is 2.31. The van der Waals surface area contributed by atoms with E-state index in [0.29, 0.717) is 0 Å². The van der Waals surface area contributed by atoms with Gasteiger partial charge in [0, 0.05) is 21.8 Å². The Bertz CT molecular complexity index is 3250. The van der Waals surface area contributed by atoms with Crippen LogP contribution in [-0.4, -0.2) is 9.55 Å². The molecular weight excluding hydrogens is 665 g/mol. The van der Waals surface area contributed by atoms with E-state index in [9.17, 15) is 0 Å². The maximum Gasteiger partial charge on any atom is 0.146 e. The number of benzene rings is 9. The third kappa shape index (κ3) is 4.34. The average molecular weight is 697 g/mol. The molecule has 0 bridgehead atoms. The third-order valence-electron chi connectivity index (χ3n) is 11.7. The molecule has 2 aromatic heterocycles. The normalized spacial score (nSPS) is 12.0. The van der Waals surface area contributed by atoms with Crippen LogP contribution in [0.25, 0.3) is 116 Å². The molecule has 0 unspecified atom stereocenters. The van der Waals surface area contributed by atoms with Gasteiger partial charge in [0.1, 0.15) is 5.65 Å². The van der Waals surface area contributed by atoms with Gasteiger partial charge in [-0.3, -0.25) is 4.57 Å². The SMILES string of the molecule is c1ccc(-c2c3c(c(-c4ccccc4)c4ccccc24)-c2ccc(-c4ccc(-n5c6ccccc6c6cc7ccccc7nc65)cc4)c4cccc-3c24)cc1. The highest BCUT2D eigenvalue weighted by atomic mass is 15.0. The van der Waals surface area contributed by atoms with Gasteiger partial charge in [-0.2, -0.15) is 0 Å². The molecule has 0 radical (unpaired) electrons. The van der Waals surface area contributed by atoms with Crippen molar-refractivity contribution in [1.82, 2.24) is 9.55 Å². The van der Waals surface area contributed by atoms with Crippen molar-refractivity contribution in [2.24, 2.45) is 0 Å². The van der Waals surface area contributed by atoms with Crippen molar-refractivity contribution in [3.8, 4) is 61.3 Å². The molecule has 0 saturated heterocycles. The molecule has 12 rings (SSSR count). The summed E-state index contributed by atoms with van der Waals surface area (Å²) in [5.74, 6) is 0. The molecule has 2 heterocycles.